The largest absolute Gasteiger partial charge is 0.469 e. The normalized spacial score (nSPS) is 10.5. The average Bonchev–Trinajstić information content (AvgIpc) is 2.23. The lowest BCUT2D eigenvalue weighted by Gasteiger charge is -2.00. The monoisotopic (exact) mass is 205 g/mol. The van der Waals surface area contributed by atoms with Crippen molar-refractivity contribution in [3.05, 3.63) is 35.4 Å². The molecule has 1 aromatic rings. The zero-order chi connectivity index (χ0) is 11.3. The fraction of sp³-hybridized carbons (Fsp3) is 0.250. The van der Waals surface area contributed by atoms with Crippen LogP contribution >= 0.6 is 0 Å². The third-order valence-electron chi connectivity index (χ3n) is 2.12. The number of benzene rings is 1. The van der Waals surface area contributed by atoms with Crippen LogP contribution in [-0.2, 0) is 9.53 Å². The summed E-state index contributed by atoms with van der Waals surface area (Å²) in [5.74, 6) is -0.238. The Kier molecular flexibility index (Phi) is 3.92. The van der Waals surface area contributed by atoms with E-state index >= 15 is 0 Å². The third-order valence-corrected chi connectivity index (χ3v) is 2.12. The summed E-state index contributed by atoms with van der Waals surface area (Å²) in [7, 11) is 1.38. The summed E-state index contributed by atoms with van der Waals surface area (Å²) >= 11 is 0. The molecule has 0 aliphatic rings. The van der Waals surface area contributed by atoms with Crippen molar-refractivity contribution in [3.63, 3.8) is 0 Å². The maximum Gasteiger partial charge on any atom is 0.309 e. The summed E-state index contributed by atoms with van der Waals surface area (Å²) < 4.78 is 4.52. The first-order valence-electron chi connectivity index (χ1n) is 4.73. The van der Waals surface area contributed by atoms with Gasteiger partial charge in [-0.25, -0.2) is 0 Å². The van der Waals surface area contributed by atoms with Crippen molar-refractivity contribution in [1.82, 2.24) is 0 Å². The predicted octanol–water partition coefficient (Wildman–Crippen LogP) is 2.15. The Hall–Kier alpha value is -1.77. The molecule has 0 saturated heterocycles. The fourth-order valence-electron chi connectivity index (χ4n) is 1.18. The molecule has 0 aliphatic carbocycles. The summed E-state index contributed by atoms with van der Waals surface area (Å²) in [4.78, 5) is 10.8. The number of carbonyl (C=O) groups excluding carboxylic acids is 1. The molecule has 0 atom stereocenters. The summed E-state index contributed by atoms with van der Waals surface area (Å²) in [5.41, 5.74) is 8.54. The van der Waals surface area contributed by atoms with Crippen molar-refractivity contribution in [1.29, 1.82) is 0 Å². The fourth-order valence-corrected chi connectivity index (χ4v) is 1.18. The van der Waals surface area contributed by atoms with Gasteiger partial charge in [-0.3, -0.25) is 4.79 Å². The maximum atomic E-state index is 10.8. The van der Waals surface area contributed by atoms with Gasteiger partial charge in [0.1, 0.15) is 0 Å². The number of anilines is 1. The summed E-state index contributed by atoms with van der Waals surface area (Å²) in [6, 6.07) is 5.74. The molecule has 0 radical (unpaired) electrons. The van der Waals surface area contributed by atoms with Crippen LogP contribution in [0.25, 0.3) is 6.08 Å². The van der Waals surface area contributed by atoms with Crippen molar-refractivity contribution in [2.45, 2.75) is 13.3 Å². The van der Waals surface area contributed by atoms with Gasteiger partial charge in [-0.05, 0) is 24.1 Å². The van der Waals surface area contributed by atoms with Crippen LogP contribution in [0.1, 0.15) is 17.5 Å². The van der Waals surface area contributed by atoms with E-state index in [0.717, 1.165) is 16.8 Å². The number of hydrogen-bond acceptors (Lipinski definition) is 3. The number of esters is 1. The van der Waals surface area contributed by atoms with Crippen LogP contribution in [-0.4, -0.2) is 13.1 Å². The van der Waals surface area contributed by atoms with Crippen LogP contribution in [0.15, 0.2) is 24.3 Å². The van der Waals surface area contributed by atoms with Gasteiger partial charge in [-0.15, -0.1) is 0 Å². The molecule has 0 heterocycles. The quantitative estimate of drug-likeness (QED) is 0.607. The Balaban J connectivity index is 2.65. The van der Waals surface area contributed by atoms with Gasteiger partial charge in [0.25, 0.3) is 0 Å². The Labute approximate surface area is 89.5 Å². The van der Waals surface area contributed by atoms with Crippen molar-refractivity contribution in [2.24, 2.45) is 0 Å². The molecule has 15 heavy (non-hydrogen) atoms. The summed E-state index contributed by atoms with van der Waals surface area (Å²) in [6.07, 6.45) is 3.94. The van der Waals surface area contributed by atoms with Gasteiger partial charge < -0.3 is 10.5 Å². The molecule has 1 rings (SSSR count). The molecule has 1 aromatic carbocycles. The zero-order valence-electron chi connectivity index (χ0n) is 8.99. The van der Waals surface area contributed by atoms with Gasteiger partial charge >= 0.3 is 5.97 Å². The molecule has 3 heteroatoms. The van der Waals surface area contributed by atoms with Crippen LogP contribution in [0, 0.1) is 6.92 Å². The van der Waals surface area contributed by atoms with Crippen LogP contribution in [0.4, 0.5) is 5.69 Å². The molecule has 0 unspecified atom stereocenters. The summed E-state index contributed by atoms with van der Waals surface area (Å²) in [5, 5.41) is 0. The SMILES string of the molecule is COC(=O)CC=Cc1ccc(N)c(C)c1. The molecule has 0 saturated carbocycles. The molecule has 0 bridgehead atoms. The minimum Gasteiger partial charge on any atom is -0.469 e. The van der Waals surface area contributed by atoms with Gasteiger partial charge in [0.05, 0.1) is 13.5 Å². The standard InChI is InChI=1S/C12H15NO2/c1-9-8-10(6-7-11(9)13)4-3-5-12(14)15-2/h3-4,6-8H,5,13H2,1-2H3. The second-order valence-corrected chi connectivity index (χ2v) is 3.30. The van der Waals surface area contributed by atoms with Crippen LogP contribution < -0.4 is 5.73 Å². The topological polar surface area (TPSA) is 52.3 Å². The van der Waals surface area contributed by atoms with E-state index in [0.29, 0.717) is 6.42 Å². The molecule has 0 aromatic heterocycles. The van der Waals surface area contributed by atoms with Crippen molar-refractivity contribution in [3.8, 4) is 0 Å². The number of aryl methyl sites for hydroxylation is 1. The third kappa shape index (κ3) is 3.46. The van der Waals surface area contributed by atoms with Gasteiger partial charge in [-0.2, -0.15) is 0 Å². The van der Waals surface area contributed by atoms with Gasteiger partial charge in [0.15, 0.2) is 0 Å². The van der Waals surface area contributed by atoms with Crippen LogP contribution in [0.3, 0.4) is 0 Å². The zero-order valence-corrected chi connectivity index (χ0v) is 8.99. The van der Waals surface area contributed by atoms with Gasteiger partial charge in [-0.1, -0.05) is 24.3 Å². The number of nitrogens with two attached hydrogens (primary N) is 1. The lowest BCUT2D eigenvalue weighted by molar-refractivity contribution is -0.139. The van der Waals surface area contributed by atoms with Crippen molar-refractivity contribution in [2.75, 3.05) is 12.8 Å². The molecule has 0 spiro atoms. The number of nitrogen functional groups attached to an aromatic ring is 1. The lowest BCUT2D eigenvalue weighted by atomic mass is 10.1. The molecule has 0 fully saturated rings. The second kappa shape index (κ2) is 5.20. The first kappa shape index (κ1) is 11.3. The van der Waals surface area contributed by atoms with E-state index in [1.807, 2.05) is 31.2 Å². The highest BCUT2D eigenvalue weighted by Gasteiger charge is 1.95. The molecule has 0 amide bonds. The van der Waals surface area contributed by atoms with E-state index in [1.54, 1.807) is 6.08 Å². The Morgan fingerprint density at radius 1 is 1.53 bits per heavy atom. The van der Waals surface area contributed by atoms with E-state index in [2.05, 4.69) is 4.74 Å². The molecule has 0 aliphatic heterocycles. The summed E-state index contributed by atoms with van der Waals surface area (Å²) in [6.45, 7) is 1.95. The molecular weight excluding hydrogens is 190 g/mol. The lowest BCUT2D eigenvalue weighted by Crippen LogP contribution is -1.96. The smallest absolute Gasteiger partial charge is 0.309 e. The van der Waals surface area contributed by atoms with Gasteiger partial charge in [0.2, 0.25) is 0 Å². The Morgan fingerprint density at radius 3 is 2.87 bits per heavy atom. The van der Waals surface area contributed by atoms with E-state index in [-0.39, 0.29) is 5.97 Å². The predicted molar refractivity (Wildman–Crippen MR) is 61.3 cm³/mol. The first-order valence-corrected chi connectivity index (χ1v) is 4.73. The maximum absolute atomic E-state index is 10.8. The number of ether oxygens (including phenoxy) is 1. The minimum absolute atomic E-state index is 0.238. The molecular formula is C12H15NO2. The first-order chi connectivity index (χ1) is 7.13. The molecule has 80 valence electrons. The highest BCUT2D eigenvalue weighted by atomic mass is 16.5. The number of methoxy groups -OCH3 is 1. The van der Waals surface area contributed by atoms with Crippen LogP contribution in [0.2, 0.25) is 0 Å². The van der Waals surface area contributed by atoms with E-state index < -0.39 is 0 Å². The highest BCUT2D eigenvalue weighted by Crippen LogP contribution is 2.13. The van der Waals surface area contributed by atoms with Crippen molar-refractivity contribution < 1.29 is 9.53 Å². The van der Waals surface area contributed by atoms with E-state index in [1.165, 1.54) is 7.11 Å². The minimum atomic E-state index is -0.238. The van der Waals surface area contributed by atoms with Gasteiger partial charge in [0, 0.05) is 5.69 Å². The molecule has 2 N–H and O–H groups in total. The Bertz CT molecular complexity index is 383. The number of rotatable bonds is 3. The Morgan fingerprint density at radius 2 is 2.27 bits per heavy atom. The highest BCUT2D eigenvalue weighted by molar-refractivity contribution is 5.72. The second-order valence-electron chi connectivity index (χ2n) is 3.30. The van der Waals surface area contributed by atoms with E-state index in [9.17, 15) is 4.79 Å². The van der Waals surface area contributed by atoms with Crippen LogP contribution in [0.5, 0.6) is 0 Å². The molecule has 3 nitrogen and oxygen atoms in total. The number of hydrogen-bond donors (Lipinski definition) is 1. The average molecular weight is 205 g/mol. The van der Waals surface area contributed by atoms with Crippen molar-refractivity contribution >= 4 is 17.7 Å². The van der Waals surface area contributed by atoms with E-state index in [4.69, 9.17) is 5.73 Å². The number of carbonyl (C=O) groups is 1.